The first-order valence-corrected chi connectivity index (χ1v) is 11.3. The maximum Gasteiger partial charge on any atom is 0.338 e. The molecule has 0 fully saturated rings. The van der Waals surface area contributed by atoms with Crippen LogP contribution in [0.25, 0.3) is 0 Å². The van der Waals surface area contributed by atoms with Crippen LogP contribution in [-0.4, -0.2) is 37.0 Å². The molecular weight excluding hydrogens is 492 g/mol. The molecule has 0 aliphatic rings. The van der Waals surface area contributed by atoms with Gasteiger partial charge in [0.05, 0.1) is 12.2 Å². The van der Waals surface area contributed by atoms with Crippen LogP contribution in [0, 0.1) is 5.92 Å². The summed E-state index contributed by atoms with van der Waals surface area (Å²) in [6.07, 6.45) is 0.399. The monoisotopic (exact) mass is 518 g/mol. The number of rotatable bonds is 11. The molecule has 0 aliphatic carbocycles. The molecule has 0 spiro atoms. The van der Waals surface area contributed by atoms with Crippen LogP contribution in [-0.2, 0) is 23.9 Å². The van der Waals surface area contributed by atoms with Crippen LogP contribution in [0.5, 0.6) is 0 Å². The lowest BCUT2D eigenvalue weighted by molar-refractivity contribution is -0.147. The van der Waals surface area contributed by atoms with E-state index in [0.717, 1.165) is 4.47 Å². The molecule has 9 heteroatoms. The van der Waals surface area contributed by atoms with E-state index in [9.17, 15) is 19.2 Å². The van der Waals surface area contributed by atoms with Gasteiger partial charge in [-0.3, -0.25) is 14.4 Å². The number of halogens is 1. The molecule has 8 nitrogen and oxygen atoms in total. The zero-order valence-corrected chi connectivity index (χ0v) is 20.1. The minimum absolute atomic E-state index is 0.0135. The molecule has 0 heterocycles. The summed E-state index contributed by atoms with van der Waals surface area (Å²) >= 11 is 3.30. The van der Waals surface area contributed by atoms with Crippen molar-refractivity contribution in [2.45, 2.75) is 33.1 Å². The van der Waals surface area contributed by atoms with E-state index < -0.39 is 24.5 Å². The molecule has 2 rings (SSSR count). The normalized spacial score (nSPS) is 10.4. The Morgan fingerprint density at radius 1 is 0.818 bits per heavy atom. The van der Waals surface area contributed by atoms with Gasteiger partial charge in [0, 0.05) is 28.7 Å². The Hall–Kier alpha value is -3.20. The number of anilines is 2. The SMILES string of the molecule is CC(C)COC(=O)c1ccc(NC(=O)CCCC(=O)OCC(=O)Nc2ccc(Br)cc2)cc1. The van der Waals surface area contributed by atoms with Crippen LogP contribution in [0.15, 0.2) is 53.0 Å². The van der Waals surface area contributed by atoms with Gasteiger partial charge in [-0.05, 0) is 60.9 Å². The van der Waals surface area contributed by atoms with Crippen LogP contribution < -0.4 is 10.6 Å². The highest BCUT2D eigenvalue weighted by atomic mass is 79.9. The number of nitrogens with one attached hydrogen (secondary N) is 2. The Labute approximate surface area is 201 Å². The zero-order valence-electron chi connectivity index (χ0n) is 18.6. The molecule has 33 heavy (non-hydrogen) atoms. The molecule has 2 N–H and O–H groups in total. The maximum atomic E-state index is 12.1. The van der Waals surface area contributed by atoms with E-state index in [-0.39, 0.29) is 31.1 Å². The van der Waals surface area contributed by atoms with Crippen molar-refractivity contribution in [2.75, 3.05) is 23.8 Å². The van der Waals surface area contributed by atoms with E-state index in [2.05, 4.69) is 26.6 Å². The molecule has 0 atom stereocenters. The molecule has 0 aromatic heterocycles. The standard InChI is InChI=1S/C24H27BrN2O6/c1-16(2)14-33-24(31)17-6-10-19(11-7-17)26-21(28)4-3-5-23(30)32-15-22(29)27-20-12-8-18(25)9-13-20/h6-13,16H,3-5,14-15H2,1-2H3,(H,26,28)(H,27,29). The van der Waals surface area contributed by atoms with Gasteiger partial charge < -0.3 is 20.1 Å². The largest absolute Gasteiger partial charge is 0.462 e. The number of hydrogen-bond acceptors (Lipinski definition) is 6. The number of hydrogen-bond donors (Lipinski definition) is 2. The first-order chi connectivity index (χ1) is 15.7. The number of benzene rings is 2. The highest BCUT2D eigenvalue weighted by molar-refractivity contribution is 9.10. The second-order valence-corrected chi connectivity index (χ2v) is 8.60. The molecule has 176 valence electrons. The van der Waals surface area contributed by atoms with Crippen LogP contribution in [0.1, 0.15) is 43.5 Å². The lowest BCUT2D eigenvalue weighted by atomic mass is 10.2. The van der Waals surface area contributed by atoms with Gasteiger partial charge in [0.2, 0.25) is 5.91 Å². The van der Waals surface area contributed by atoms with Gasteiger partial charge in [-0.1, -0.05) is 29.8 Å². The Balaban J connectivity index is 1.64. The minimum atomic E-state index is -0.557. The highest BCUT2D eigenvalue weighted by Crippen LogP contribution is 2.14. The summed E-state index contributed by atoms with van der Waals surface area (Å²) in [7, 11) is 0. The van der Waals surface area contributed by atoms with Gasteiger partial charge in [0.1, 0.15) is 0 Å². The fraction of sp³-hybridized carbons (Fsp3) is 0.333. The second-order valence-electron chi connectivity index (χ2n) is 7.69. The van der Waals surface area contributed by atoms with E-state index in [0.29, 0.717) is 23.5 Å². The zero-order chi connectivity index (χ0) is 24.2. The van der Waals surface area contributed by atoms with E-state index in [1.807, 2.05) is 13.8 Å². The number of amides is 2. The molecule has 0 unspecified atom stereocenters. The molecule has 2 aromatic carbocycles. The topological polar surface area (TPSA) is 111 Å². The van der Waals surface area contributed by atoms with Crippen molar-refractivity contribution in [2.24, 2.45) is 5.92 Å². The van der Waals surface area contributed by atoms with Crippen molar-refractivity contribution in [3.63, 3.8) is 0 Å². The van der Waals surface area contributed by atoms with Crippen LogP contribution >= 0.6 is 15.9 Å². The first kappa shape index (κ1) is 26.1. The average Bonchev–Trinajstić information content (AvgIpc) is 2.78. The highest BCUT2D eigenvalue weighted by Gasteiger charge is 2.11. The Kier molecular flexibility index (Phi) is 10.6. The van der Waals surface area contributed by atoms with Crippen LogP contribution in [0.4, 0.5) is 11.4 Å². The quantitative estimate of drug-likeness (QED) is 0.422. The summed E-state index contributed by atoms with van der Waals surface area (Å²) in [5.41, 5.74) is 1.53. The maximum absolute atomic E-state index is 12.1. The summed E-state index contributed by atoms with van der Waals surface area (Å²) in [5, 5.41) is 5.32. The van der Waals surface area contributed by atoms with Crippen molar-refractivity contribution in [3.05, 3.63) is 58.6 Å². The molecule has 0 saturated carbocycles. The molecule has 0 saturated heterocycles. The summed E-state index contributed by atoms with van der Waals surface area (Å²) in [5.74, 6) is -1.44. The third kappa shape index (κ3) is 10.3. The molecule has 2 aromatic rings. The van der Waals surface area contributed by atoms with E-state index in [1.165, 1.54) is 0 Å². The Morgan fingerprint density at radius 3 is 2.00 bits per heavy atom. The lowest BCUT2D eigenvalue weighted by Crippen LogP contribution is -2.21. The van der Waals surface area contributed by atoms with E-state index >= 15 is 0 Å². The fourth-order valence-electron chi connectivity index (χ4n) is 2.58. The molecule has 0 aliphatic heterocycles. The van der Waals surface area contributed by atoms with Gasteiger partial charge in [0.25, 0.3) is 5.91 Å². The summed E-state index contributed by atoms with van der Waals surface area (Å²) in [4.78, 5) is 47.6. The second kappa shape index (κ2) is 13.4. The molecule has 2 amide bonds. The molecule has 0 bridgehead atoms. The Bertz CT molecular complexity index is 958. The summed E-state index contributed by atoms with van der Waals surface area (Å²) < 4.78 is 11.0. The molecule has 0 radical (unpaired) electrons. The van der Waals surface area contributed by atoms with E-state index in [1.54, 1.807) is 48.5 Å². The molecular formula is C24H27BrN2O6. The predicted molar refractivity (Wildman–Crippen MR) is 128 cm³/mol. The van der Waals surface area contributed by atoms with E-state index in [4.69, 9.17) is 9.47 Å². The van der Waals surface area contributed by atoms with Crippen molar-refractivity contribution in [1.29, 1.82) is 0 Å². The van der Waals surface area contributed by atoms with Crippen molar-refractivity contribution >= 4 is 51.1 Å². The van der Waals surface area contributed by atoms with Crippen LogP contribution in [0.2, 0.25) is 0 Å². The number of ether oxygens (including phenoxy) is 2. The van der Waals surface area contributed by atoms with Crippen molar-refractivity contribution in [3.8, 4) is 0 Å². The predicted octanol–water partition coefficient (Wildman–Crippen LogP) is 4.55. The minimum Gasteiger partial charge on any atom is -0.462 e. The third-order valence-electron chi connectivity index (χ3n) is 4.23. The van der Waals surface area contributed by atoms with Gasteiger partial charge in [-0.15, -0.1) is 0 Å². The number of carbonyl (C=O) groups excluding carboxylic acids is 4. The summed E-state index contributed by atoms with van der Waals surface area (Å²) in [6.45, 7) is 3.85. The van der Waals surface area contributed by atoms with Gasteiger partial charge in [-0.2, -0.15) is 0 Å². The fourth-order valence-corrected chi connectivity index (χ4v) is 2.84. The van der Waals surface area contributed by atoms with Crippen LogP contribution in [0.3, 0.4) is 0 Å². The number of carbonyl (C=O) groups is 4. The Morgan fingerprint density at radius 2 is 1.39 bits per heavy atom. The lowest BCUT2D eigenvalue weighted by Gasteiger charge is -2.09. The third-order valence-corrected chi connectivity index (χ3v) is 4.76. The van der Waals surface area contributed by atoms with Gasteiger partial charge >= 0.3 is 11.9 Å². The first-order valence-electron chi connectivity index (χ1n) is 10.5. The summed E-state index contributed by atoms with van der Waals surface area (Å²) in [6, 6.07) is 13.4. The van der Waals surface area contributed by atoms with Gasteiger partial charge in [-0.25, -0.2) is 4.79 Å². The van der Waals surface area contributed by atoms with Crippen molar-refractivity contribution in [1.82, 2.24) is 0 Å². The van der Waals surface area contributed by atoms with Gasteiger partial charge in [0.15, 0.2) is 6.61 Å². The van der Waals surface area contributed by atoms with Crippen molar-refractivity contribution < 1.29 is 28.7 Å². The number of esters is 2. The average molecular weight is 519 g/mol. The smallest absolute Gasteiger partial charge is 0.338 e.